The lowest BCUT2D eigenvalue weighted by atomic mass is 10.2. The van der Waals surface area contributed by atoms with Gasteiger partial charge in [-0.15, -0.1) is 5.10 Å². The average molecular weight is 353 g/mol. The Kier molecular flexibility index (Phi) is 5.33. The van der Waals surface area contributed by atoms with Crippen LogP contribution in [0, 0.1) is 0 Å². The van der Waals surface area contributed by atoms with E-state index in [-0.39, 0.29) is 0 Å². The molecular weight excluding hydrogens is 334 g/mol. The molecule has 134 valence electrons. The van der Waals surface area contributed by atoms with Gasteiger partial charge in [0.25, 0.3) is 5.95 Å². The lowest BCUT2D eigenvalue weighted by Crippen LogP contribution is -1.92. The maximum absolute atomic E-state index is 5.27. The van der Waals surface area contributed by atoms with Crippen molar-refractivity contribution in [2.75, 3.05) is 26.6 Å². The number of anilines is 2. The first-order valence-electron chi connectivity index (χ1n) is 7.81. The highest BCUT2D eigenvalue weighted by molar-refractivity contribution is 5.82. The minimum atomic E-state index is 0.316. The summed E-state index contributed by atoms with van der Waals surface area (Å²) >= 11 is 0. The van der Waals surface area contributed by atoms with Crippen molar-refractivity contribution >= 4 is 23.8 Å². The van der Waals surface area contributed by atoms with Crippen LogP contribution >= 0.6 is 0 Å². The summed E-state index contributed by atoms with van der Waals surface area (Å²) in [7, 11) is 4.81. The molecule has 0 saturated heterocycles. The number of aliphatic imine (C=N–C) groups is 1. The van der Waals surface area contributed by atoms with Crippen molar-refractivity contribution in [1.29, 1.82) is 0 Å². The highest BCUT2D eigenvalue weighted by Gasteiger charge is 2.05. The lowest BCUT2D eigenvalue weighted by Gasteiger charge is -2.07. The van der Waals surface area contributed by atoms with Crippen LogP contribution < -0.4 is 19.5 Å². The summed E-state index contributed by atoms with van der Waals surface area (Å²) in [6.45, 7) is 0. The molecule has 0 radical (unpaired) electrons. The summed E-state index contributed by atoms with van der Waals surface area (Å²) in [5, 5.41) is 9.97. The Hall–Kier alpha value is -3.55. The summed E-state index contributed by atoms with van der Waals surface area (Å²) in [4.78, 5) is 8.54. The van der Waals surface area contributed by atoms with E-state index in [0.717, 1.165) is 17.0 Å². The molecule has 0 bridgehead atoms. The molecule has 0 spiro atoms. The number of nitrogens with zero attached hydrogens (tertiary/aromatic N) is 3. The van der Waals surface area contributed by atoms with E-state index in [4.69, 9.17) is 14.2 Å². The van der Waals surface area contributed by atoms with Crippen LogP contribution in [0.3, 0.4) is 0 Å². The molecule has 3 rings (SSSR count). The summed E-state index contributed by atoms with van der Waals surface area (Å²) < 4.78 is 15.6. The number of aromatic amines is 1. The van der Waals surface area contributed by atoms with Gasteiger partial charge < -0.3 is 19.5 Å². The van der Waals surface area contributed by atoms with Crippen LogP contribution in [0.5, 0.6) is 17.2 Å². The molecule has 2 N–H and O–H groups in total. The van der Waals surface area contributed by atoms with E-state index < -0.39 is 0 Å². The van der Waals surface area contributed by atoms with Gasteiger partial charge in [0.2, 0.25) is 5.95 Å². The number of rotatable bonds is 7. The van der Waals surface area contributed by atoms with Crippen LogP contribution in [-0.4, -0.2) is 42.7 Å². The minimum absolute atomic E-state index is 0.316. The van der Waals surface area contributed by atoms with Crippen molar-refractivity contribution in [3.05, 3.63) is 48.0 Å². The Bertz CT molecular complexity index is 890. The SMILES string of the molecule is COc1ccc(Nc2nc(/N=C/c3ccc(OC)c(OC)c3)n[nH]2)cc1. The zero-order chi connectivity index (χ0) is 18.4. The van der Waals surface area contributed by atoms with Gasteiger partial charge in [0.1, 0.15) is 5.75 Å². The van der Waals surface area contributed by atoms with Crippen molar-refractivity contribution < 1.29 is 14.2 Å². The molecule has 26 heavy (non-hydrogen) atoms. The first kappa shape index (κ1) is 17.3. The highest BCUT2D eigenvalue weighted by atomic mass is 16.5. The van der Waals surface area contributed by atoms with Gasteiger partial charge in [0.05, 0.1) is 21.3 Å². The number of hydrogen-bond acceptors (Lipinski definition) is 7. The van der Waals surface area contributed by atoms with Gasteiger partial charge in [-0.25, -0.2) is 10.1 Å². The monoisotopic (exact) mass is 353 g/mol. The summed E-state index contributed by atoms with van der Waals surface area (Å²) in [5.41, 5.74) is 1.70. The van der Waals surface area contributed by atoms with Crippen molar-refractivity contribution in [2.24, 2.45) is 4.99 Å². The molecule has 3 aromatic rings. The molecule has 0 aliphatic rings. The van der Waals surface area contributed by atoms with Gasteiger partial charge in [-0.2, -0.15) is 4.98 Å². The first-order chi connectivity index (χ1) is 12.7. The molecule has 0 fully saturated rings. The third-order valence-electron chi connectivity index (χ3n) is 3.56. The quantitative estimate of drug-likeness (QED) is 0.633. The van der Waals surface area contributed by atoms with Crippen LogP contribution in [-0.2, 0) is 0 Å². The Labute approximate surface area is 150 Å². The number of nitrogens with one attached hydrogen (secondary N) is 2. The van der Waals surface area contributed by atoms with Crippen molar-refractivity contribution in [2.45, 2.75) is 0 Å². The summed E-state index contributed by atoms with van der Waals surface area (Å²) in [6, 6.07) is 13.0. The molecule has 0 atom stereocenters. The van der Waals surface area contributed by atoms with E-state index >= 15 is 0 Å². The zero-order valence-corrected chi connectivity index (χ0v) is 14.7. The molecule has 1 aromatic heterocycles. The standard InChI is InChI=1S/C18H19N5O3/c1-24-14-7-5-13(6-8-14)20-18-21-17(22-23-18)19-11-12-4-9-15(25-2)16(10-12)26-3/h4-11H,1-3H3,(H2,20,21,22,23)/b19-11+. The highest BCUT2D eigenvalue weighted by Crippen LogP contribution is 2.27. The van der Waals surface area contributed by atoms with E-state index in [2.05, 4.69) is 25.5 Å². The number of ether oxygens (including phenoxy) is 3. The van der Waals surface area contributed by atoms with Gasteiger partial charge in [-0.05, 0) is 48.0 Å². The van der Waals surface area contributed by atoms with E-state index in [1.54, 1.807) is 27.5 Å². The predicted molar refractivity (Wildman–Crippen MR) is 99.5 cm³/mol. The number of benzene rings is 2. The normalized spacial score (nSPS) is 10.7. The Morgan fingerprint density at radius 2 is 1.73 bits per heavy atom. The second kappa shape index (κ2) is 8.02. The maximum Gasteiger partial charge on any atom is 0.269 e. The molecule has 0 amide bonds. The van der Waals surface area contributed by atoms with Crippen molar-refractivity contribution in [1.82, 2.24) is 15.2 Å². The van der Waals surface area contributed by atoms with Crippen LogP contribution in [0.2, 0.25) is 0 Å². The van der Waals surface area contributed by atoms with Crippen LogP contribution in [0.4, 0.5) is 17.6 Å². The van der Waals surface area contributed by atoms with Gasteiger partial charge >= 0.3 is 0 Å². The van der Waals surface area contributed by atoms with Crippen molar-refractivity contribution in [3.63, 3.8) is 0 Å². The van der Waals surface area contributed by atoms with E-state index in [1.165, 1.54) is 0 Å². The van der Waals surface area contributed by atoms with E-state index in [9.17, 15) is 0 Å². The molecular formula is C18H19N5O3. The molecule has 8 nitrogen and oxygen atoms in total. The number of aromatic nitrogens is 3. The fraction of sp³-hybridized carbons (Fsp3) is 0.167. The van der Waals surface area contributed by atoms with E-state index in [1.807, 2.05) is 42.5 Å². The minimum Gasteiger partial charge on any atom is -0.497 e. The fourth-order valence-corrected chi connectivity index (χ4v) is 2.24. The maximum atomic E-state index is 5.27. The Morgan fingerprint density at radius 3 is 2.42 bits per heavy atom. The average Bonchev–Trinajstić information content (AvgIpc) is 3.14. The summed E-state index contributed by atoms with van der Waals surface area (Å²) in [5.74, 6) is 2.89. The molecule has 0 aliphatic carbocycles. The number of hydrogen-bond donors (Lipinski definition) is 2. The zero-order valence-electron chi connectivity index (χ0n) is 14.7. The smallest absolute Gasteiger partial charge is 0.269 e. The topological polar surface area (TPSA) is 93.7 Å². The van der Waals surface area contributed by atoms with Gasteiger partial charge in [-0.3, -0.25) is 0 Å². The van der Waals surface area contributed by atoms with Gasteiger partial charge in [0.15, 0.2) is 11.5 Å². The number of methoxy groups -OCH3 is 3. The first-order valence-corrected chi connectivity index (χ1v) is 7.81. The molecule has 0 saturated carbocycles. The van der Waals surface area contributed by atoms with Crippen LogP contribution in [0.1, 0.15) is 5.56 Å². The molecule has 1 heterocycles. The molecule has 2 aromatic carbocycles. The molecule has 0 aliphatic heterocycles. The Morgan fingerprint density at radius 1 is 0.962 bits per heavy atom. The van der Waals surface area contributed by atoms with Crippen LogP contribution in [0.25, 0.3) is 0 Å². The van der Waals surface area contributed by atoms with Crippen molar-refractivity contribution in [3.8, 4) is 17.2 Å². The molecule has 0 unspecified atom stereocenters. The predicted octanol–water partition coefficient (Wildman–Crippen LogP) is 3.32. The lowest BCUT2D eigenvalue weighted by molar-refractivity contribution is 0.355. The second-order valence-corrected chi connectivity index (χ2v) is 5.21. The van der Waals surface area contributed by atoms with Gasteiger partial charge in [0, 0.05) is 11.9 Å². The second-order valence-electron chi connectivity index (χ2n) is 5.21. The summed E-state index contributed by atoms with van der Waals surface area (Å²) in [6.07, 6.45) is 1.66. The largest absolute Gasteiger partial charge is 0.497 e. The third-order valence-corrected chi connectivity index (χ3v) is 3.56. The van der Waals surface area contributed by atoms with E-state index in [0.29, 0.717) is 23.4 Å². The van der Waals surface area contributed by atoms with Gasteiger partial charge in [-0.1, -0.05) is 0 Å². The van der Waals surface area contributed by atoms with Crippen LogP contribution in [0.15, 0.2) is 47.5 Å². The molecule has 8 heteroatoms. The number of H-pyrrole nitrogens is 1. The third kappa shape index (κ3) is 4.10. The fourth-order valence-electron chi connectivity index (χ4n) is 2.24. The Balaban J connectivity index is 1.68.